The topological polar surface area (TPSA) is 69.6 Å². The third-order valence-corrected chi connectivity index (χ3v) is 4.19. The number of nitrogens with zero attached hydrogens (tertiary/aromatic N) is 4. The molecule has 5 nitrogen and oxygen atoms in total. The smallest absolute Gasteiger partial charge is 0.212 e. The van der Waals surface area contributed by atoms with E-state index in [2.05, 4.69) is 15.3 Å². The molecule has 0 saturated heterocycles. The molecule has 0 spiro atoms. The Bertz CT molecular complexity index is 526. The first-order valence-electron chi connectivity index (χ1n) is 5.86. The summed E-state index contributed by atoms with van der Waals surface area (Å²) in [4.78, 5) is 4.47. The molecule has 3 rings (SSSR count). The molecule has 2 aromatic heterocycles. The van der Waals surface area contributed by atoms with Gasteiger partial charge in [-0.05, 0) is 19.8 Å². The lowest BCUT2D eigenvalue weighted by atomic mass is 9.82. The van der Waals surface area contributed by atoms with Crippen molar-refractivity contribution >= 4 is 11.3 Å². The van der Waals surface area contributed by atoms with Gasteiger partial charge in [0.05, 0.1) is 11.4 Å². The molecule has 0 bridgehead atoms. The summed E-state index contributed by atoms with van der Waals surface area (Å²) in [6.45, 7) is 2.44. The molecule has 0 amide bonds. The zero-order valence-corrected chi connectivity index (χ0v) is 10.6. The predicted octanol–water partition coefficient (Wildman–Crippen LogP) is 1.76. The summed E-state index contributed by atoms with van der Waals surface area (Å²) in [5.41, 5.74) is 8.85. The maximum absolute atomic E-state index is 5.73. The van der Waals surface area contributed by atoms with Gasteiger partial charge in [-0.25, -0.2) is 4.98 Å². The second-order valence-corrected chi connectivity index (χ2v) is 5.27. The van der Waals surface area contributed by atoms with Gasteiger partial charge in [-0.1, -0.05) is 11.6 Å². The molecular weight excluding hydrogens is 234 g/mol. The Kier molecular flexibility index (Phi) is 2.68. The van der Waals surface area contributed by atoms with E-state index in [4.69, 9.17) is 5.73 Å². The van der Waals surface area contributed by atoms with E-state index in [0.29, 0.717) is 12.5 Å². The SMILES string of the molecule is Cc1csc(-n2nnc(CN)c2C2CCC2)n1. The Morgan fingerprint density at radius 3 is 2.88 bits per heavy atom. The maximum atomic E-state index is 5.73. The van der Waals surface area contributed by atoms with Crippen molar-refractivity contribution in [3.8, 4) is 5.13 Å². The molecular formula is C11H15N5S. The Morgan fingerprint density at radius 2 is 2.35 bits per heavy atom. The normalized spacial score (nSPS) is 16.1. The second kappa shape index (κ2) is 4.19. The first-order chi connectivity index (χ1) is 8.29. The highest BCUT2D eigenvalue weighted by atomic mass is 32.1. The van der Waals surface area contributed by atoms with Gasteiger partial charge in [0.15, 0.2) is 0 Å². The molecule has 0 aliphatic heterocycles. The van der Waals surface area contributed by atoms with Crippen LogP contribution >= 0.6 is 11.3 Å². The van der Waals surface area contributed by atoms with Gasteiger partial charge >= 0.3 is 0 Å². The summed E-state index contributed by atoms with van der Waals surface area (Å²) in [5, 5.41) is 11.3. The minimum atomic E-state index is 0.455. The minimum Gasteiger partial charge on any atom is -0.325 e. The first kappa shape index (κ1) is 10.9. The van der Waals surface area contributed by atoms with Crippen LogP contribution in [0.5, 0.6) is 0 Å². The molecule has 90 valence electrons. The zero-order valence-electron chi connectivity index (χ0n) is 9.76. The quantitative estimate of drug-likeness (QED) is 0.899. The van der Waals surface area contributed by atoms with E-state index in [0.717, 1.165) is 16.5 Å². The number of aromatic nitrogens is 4. The van der Waals surface area contributed by atoms with Crippen LogP contribution in [0.15, 0.2) is 5.38 Å². The van der Waals surface area contributed by atoms with Crippen LogP contribution in [-0.4, -0.2) is 20.0 Å². The first-order valence-corrected chi connectivity index (χ1v) is 6.74. The number of aryl methyl sites for hydroxylation is 1. The van der Waals surface area contributed by atoms with Crippen LogP contribution in [0.1, 0.15) is 42.3 Å². The molecule has 1 aliphatic carbocycles. The zero-order chi connectivity index (χ0) is 11.8. The molecule has 2 aromatic rings. The van der Waals surface area contributed by atoms with E-state index in [1.54, 1.807) is 11.3 Å². The Morgan fingerprint density at radius 1 is 1.53 bits per heavy atom. The molecule has 1 saturated carbocycles. The third-order valence-electron chi connectivity index (χ3n) is 3.25. The number of nitrogens with two attached hydrogens (primary N) is 1. The van der Waals surface area contributed by atoms with Gasteiger partial charge in [-0.3, -0.25) is 0 Å². The van der Waals surface area contributed by atoms with E-state index in [1.165, 1.54) is 25.0 Å². The van der Waals surface area contributed by atoms with Gasteiger partial charge in [0, 0.05) is 17.8 Å². The molecule has 0 unspecified atom stereocenters. The van der Waals surface area contributed by atoms with Crippen LogP contribution in [-0.2, 0) is 6.54 Å². The van der Waals surface area contributed by atoms with E-state index < -0.39 is 0 Å². The van der Waals surface area contributed by atoms with Gasteiger partial charge in [-0.2, -0.15) is 4.68 Å². The van der Waals surface area contributed by atoms with E-state index in [1.807, 2.05) is 17.0 Å². The van der Waals surface area contributed by atoms with Gasteiger partial charge in [0.2, 0.25) is 5.13 Å². The highest BCUT2D eigenvalue weighted by Gasteiger charge is 2.28. The molecule has 17 heavy (non-hydrogen) atoms. The van der Waals surface area contributed by atoms with E-state index >= 15 is 0 Å². The van der Waals surface area contributed by atoms with E-state index in [9.17, 15) is 0 Å². The summed E-state index contributed by atoms with van der Waals surface area (Å²) in [6, 6.07) is 0. The van der Waals surface area contributed by atoms with Crippen LogP contribution in [0.25, 0.3) is 5.13 Å². The number of thiazole rings is 1. The third kappa shape index (κ3) is 1.77. The summed E-state index contributed by atoms with van der Waals surface area (Å²) in [6.07, 6.45) is 3.71. The van der Waals surface area contributed by atoms with Gasteiger partial charge in [-0.15, -0.1) is 16.4 Å². The molecule has 0 aromatic carbocycles. The highest BCUT2D eigenvalue weighted by molar-refractivity contribution is 7.12. The second-order valence-electron chi connectivity index (χ2n) is 4.44. The molecule has 1 fully saturated rings. The summed E-state index contributed by atoms with van der Waals surface area (Å²) >= 11 is 1.60. The number of hydrogen-bond donors (Lipinski definition) is 1. The number of hydrogen-bond acceptors (Lipinski definition) is 5. The molecule has 0 radical (unpaired) electrons. The molecule has 2 heterocycles. The van der Waals surface area contributed by atoms with Crippen molar-refractivity contribution in [3.05, 3.63) is 22.5 Å². The lowest BCUT2D eigenvalue weighted by Gasteiger charge is -2.25. The van der Waals surface area contributed by atoms with Crippen LogP contribution in [0, 0.1) is 6.92 Å². The fourth-order valence-corrected chi connectivity index (χ4v) is 2.90. The predicted molar refractivity (Wildman–Crippen MR) is 66.3 cm³/mol. The lowest BCUT2D eigenvalue weighted by molar-refractivity contribution is 0.400. The van der Waals surface area contributed by atoms with Crippen LogP contribution in [0.3, 0.4) is 0 Å². The molecule has 6 heteroatoms. The molecule has 2 N–H and O–H groups in total. The monoisotopic (exact) mass is 249 g/mol. The lowest BCUT2D eigenvalue weighted by Crippen LogP contribution is -2.17. The Hall–Kier alpha value is -1.27. The largest absolute Gasteiger partial charge is 0.325 e. The summed E-state index contributed by atoms with van der Waals surface area (Å²) < 4.78 is 1.88. The van der Waals surface area contributed by atoms with Gasteiger partial charge < -0.3 is 5.73 Å². The van der Waals surface area contributed by atoms with Gasteiger partial charge in [0.25, 0.3) is 0 Å². The summed E-state index contributed by atoms with van der Waals surface area (Å²) in [7, 11) is 0. The van der Waals surface area contributed by atoms with E-state index in [-0.39, 0.29) is 0 Å². The number of rotatable bonds is 3. The van der Waals surface area contributed by atoms with Crippen molar-refractivity contribution in [1.29, 1.82) is 0 Å². The average Bonchev–Trinajstić information content (AvgIpc) is 2.82. The fraction of sp³-hybridized carbons (Fsp3) is 0.545. The minimum absolute atomic E-state index is 0.455. The van der Waals surface area contributed by atoms with Crippen LogP contribution in [0.2, 0.25) is 0 Å². The maximum Gasteiger partial charge on any atom is 0.212 e. The van der Waals surface area contributed by atoms with Crippen molar-refractivity contribution in [2.75, 3.05) is 0 Å². The van der Waals surface area contributed by atoms with Crippen molar-refractivity contribution in [2.45, 2.75) is 38.6 Å². The fourth-order valence-electron chi connectivity index (χ4n) is 2.14. The van der Waals surface area contributed by atoms with Crippen molar-refractivity contribution < 1.29 is 0 Å². The van der Waals surface area contributed by atoms with Crippen molar-refractivity contribution in [1.82, 2.24) is 20.0 Å². The Balaban J connectivity index is 2.06. The van der Waals surface area contributed by atoms with Crippen molar-refractivity contribution in [2.24, 2.45) is 5.73 Å². The van der Waals surface area contributed by atoms with Gasteiger partial charge in [0.1, 0.15) is 5.69 Å². The summed E-state index contributed by atoms with van der Waals surface area (Å²) in [5.74, 6) is 0.563. The van der Waals surface area contributed by atoms with Crippen LogP contribution < -0.4 is 5.73 Å². The molecule has 0 atom stereocenters. The van der Waals surface area contributed by atoms with Crippen LogP contribution in [0.4, 0.5) is 0 Å². The average molecular weight is 249 g/mol. The highest BCUT2D eigenvalue weighted by Crippen LogP contribution is 2.38. The Labute approximate surface area is 104 Å². The molecule has 1 aliphatic rings. The van der Waals surface area contributed by atoms with Crippen molar-refractivity contribution in [3.63, 3.8) is 0 Å². The standard InChI is InChI=1S/C11H15N5S/c1-7-6-17-11(13-7)16-10(8-3-2-4-8)9(5-12)14-15-16/h6,8H,2-5,12H2,1H3.